The van der Waals surface area contributed by atoms with Gasteiger partial charge in [0.2, 0.25) is 5.88 Å². The highest BCUT2D eigenvalue weighted by atomic mass is 16.5. The van der Waals surface area contributed by atoms with Crippen molar-refractivity contribution in [2.75, 3.05) is 5.73 Å². The van der Waals surface area contributed by atoms with E-state index in [-0.39, 0.29) is 6.10 Å². The highest BCUT2D eigenvalue weighted by Crippen LogP contribution is 2.39. The van der Waals surface area contributed by atoms with Crippen LogP contribution < -0.4 is 10.5 Å². The van der Waals surface area contributed by atoms with Crippen LogP contribution in [0.3, 0.4) is 0 Å². The van der Waals surface area contributed by atoms with Gasteiger partial charge in [0.05, 0.1) is 11.6 Å². The summed E-state index contributed by atoms with van der Waals surface area (Å²) in [5, 5.41) is 13.1. The molecule has 0 aliphatic carbocycles. The minimum absolute atomic E-state index is 0.0131. The van der Waals surface area contributed by atoms with Gasteiger partial charge in [0.1, 0.15) is 5.60 Å². The molecule has 0 fully saturated rings. The molecule has 5 aromatic rings. The van der Waals surface area contributed by atoms with Crippen molar-refractivity contribution in [3.63, 3.8) is 0 Å². The van der Waals surface area contributed by atoms with Crippen molar-refractivity contribution in [1.82, 2.24) is 9.97 Å². The first-order valence-corrected chi connectivity index (χ1v) is 11.6. The van der Waals surface area contributed by atoms with Gasteiger partial charge in [-0.3, -0.25) is 4.98 Å². The summed E-state index contributed by atoms with van der Waals surface area (Å²) in [4.78, 5) is 9.10. The standard InChI is InChI=1S/C30H27N3O2/c1-20(2)35-29-27(21-8-4-3-5-9-21)17-22-16-24(13-14-28(22)33-29)30(34,25-11-7-15-32-19-25)23-10-6-12-26(31)18-23/h3-20,34H,31H2,1-2H3. The molecule has 5 nitrogen and oxygen atoms in total. The number of nitrogens with two attached hydrogens (primary N) is 1. The highest BCUT2D eigenvalue weighted by molar-refractivity contribution is 5.87. The maximum absolute atomic E-state index is 12.2. The predicted molar refractivity (Wildman–Crippen MR) is 140 cm³/mol. The zero-order valence-electron chi connectivity index (χ0n) is 19.7. The van der Waals surface area contributed by atoms with Gasteiger partial charge in [0, 0.05) is 34.6 Å². The lowest BCUT2D eigenvalue weighted by Crippen LogP contribution is -2.29. The summed E-state index contributed by atoms with van der Waals surface area (Å²) in [6, 6.07) is 28.9. The fraction of sp³-hybridized carbons (Fsp3) is 0.133. The Morgan fingerprint density at radius 3 is 2.31 bits per heavy atom. The van der Waals surface area contributed by atoms with E-state index in [1.807, 2.05) is 86.6 Å². The van der Waals surface area contributed by atoms with Crippen molar-refractivity contribution in [1.29, 1.82) is 0 Å². The molecule has 3 aromatic carbocycles. The Balaban J connectivity index is 1.73. The summed E-state index contributed by atoms with van der Waals surface area (Å²) in [5.41, 5.74) is 9.94. The summed E-state index contributed by atoms with van der Waals surface area (Å²) in [7, 11) is 0. The number of hydrogen-bond donors (Lipinski definition) is 2. The number of pyridine rings is 2. The Kier molecular flexibility index (Phi) is 5.93. The Labute approximate surface area is 204 Å². The van der Waals surface area contributed by atoms with E-state index >= 15 is 0 Å². The summed E-state index contributed by atoms with van der Waals surface area (Å²) < 4.78 is 6.07. The molecule has 35 heavy (non-hydrogen) atoms. The summed E-state index contributed by atoms with van der Waals surface area (Å²) in [6.45, 7) is 3.98. The van der Waals surface area contributed by atoms with E-state index in [1.54, 1.807) is 24.5 Å². The summed E-state index contributed by atoms with van der Waals surface area (Å²) in [5.74, 6) is 0.588. The Bertz CT molecular complexity index is 1470. The highest BCUT2D eigenvalue weighted by Gasteiger charge is 2.34. The van der Waals surface area contributed by atoms with Gasteiger partial charge in [-0.05, 0) is 66.9 Å². The predicted octanol–water partition coefficient (Wildman–Crippen LogP) is 5.95. The molecule has 2 aromatic heterocycles. The number of hydrogen-bond acceptors (Lipinski definition) is 5. The largest absolute Gasteiger partial charge is 0.474 e. The van der Waals surface area contributed by atoms with Crippen LogP contribution in [0.1, 0.15) is 30.5 Å². The van der Waals surface area contributed by atoms with Crippen LogP contribution in [0.15, 0.2) is 103 Å². The molecule has 3 N–H and O–H groups in total. The number of anilines is 1. The molecule has 0 aliphatic rings. The molecule has 1 unspecified atom stereocenters. The summed E-state index contributed by atoms with van der Waals surface area (Å²) in [6.07, 6.45) is 3.36. The molecule has 5 rings (SSSR count). The van der Waals surface area contributed by atoms with Crippen LogP contribution in [0.5, 0.6) is 5.88 Å². The molecule has 0 bridgehead atoms. The SMILES string of the molecule is CC(C)Oc1nc2ccc(C(O)(c3cccnc3)c3cccc(N)c3)cc2cc1-c1ccccc1. The maximum atomic E-state index is 12.2. The van der Waals surface area contributed by atoms with Crippen LogP contribution in [-0.2, 0) is 5.60 Å². The van der Waals surface area contributed by atoms with E-state index in [1.165, 1.54) is 0 Å². The lowest BCUT2D eigenvalue weighted by molar-refractivity contribution is 0.125. The number of rotatable bonds is 6. The van der Waals surface area contributed by atoms with Gasteiger partial charge in [-0.2, -0.15) is 0 Å². The first-order chi connectivity index (χ1) is 16.9. The molecule has 1 atom stereocenters. The molecule has 0 radical (unpaired) electrons. The van der Waals surface area contributed by atoms with Crippen molar-refractivity contribution < 1.29 is 9.84 Å². The third-order valence-corrected chi connectivity index (χ3v) is 6.01. The lowest BCUT2D eigenvalue weighted by Gasteiger charge is -2.30. The maximum Gasteiger partial charge on any atom is 0.222 e. The molecule has 5 heteroatoms. The van der Waals surface area contributed by atoms with Gasteiger partial charge in [-0.15, -0.1) is 0 Å². The van der Waals surface area contributed by atoms with Gasteiger partial charge in [0.15, 0.2) is 0 Å². The second kappa shape index (κ2) is 9.20. The zero-order chi connectivity index (χ0) is 24.4. The lowest BCUT2D eigenvalue weighted by atomic mass is 9.80. The first-order valence-electron chi connectivity index (χ1n) is 11.6. The minimum Gasteiger partial charge on any atom is -0.474 e. The number of aliphatic hydroxyl groups is 1. The van der Waals surface area contributed by atoms with Crippen LogP contribution in [0, 0.1) is 0 Å². The van der Waals surface area contributed by atoms with Crippen molar-refractivity contribution >= 4 is 16.6 Å². The monoisotopic (exact) mass is 461 g/mol. The fourth-order valence-electron chi connectivity index (χ4n) is 4.36. The van der Waals surface area contributed by atoms with E-state index in [0.29, 0.717) is 28.3 Å². The second-order valence-electron chi connectivity index (χ2n) is 8.86. The van der Waals surface area contributed by atoms with Crippen LogP contribution >= 0.6 is 0 Å². The normalized spacial score (nSPS) is 13.0. The number of nitrogens with zero attached hydrogens (tertiary/aromatic N) is 2. The third-order valence-electron chi connectivity index (χ3n) is 6.01. The number of nitrogen functional groups attached to an aromatic ring is 1. The fourth-order valence-corrected chi connectivity index (χ4v) is 4.36. The molecule has 0 saturated heterocycles. The van der Waals surface area contributed by atoms with Crippen molar-refractivity contribution in [2.24, 2.45) is 0 Å². The molecular formula is C30H27N3O2. The number of benzene rings is 3. The number of fused-ring (bicyclic) bond motifs is 1. The van der Waals surface area contributed by atoms with Gasteiger partial charge in [-0.1, -0.05) is 54.6 Å². The van der Waals surface area contributed by atoms with E-state index in [0.717, 1.165) is 22.0 Å². The average molecular weight is 462 g/mol. The van der Waals surface area contributed by atoms with Crippen molar-refractivity contribution in [3.05, 3.63) is 120 Å². The average Bonchev–Trinajstić information content (AvgIpc) is 2.88. The van der Waals surface area contributed by atoms with E-state index in [2.05, 4.69) is 11.1 Å². The molecule has 0 amide bonds. The van der Waals surface area contributed by atoms with E-state index < -0.39 is 5.60 Å². The zero-order valence-corrected chi connectivity index (χ0v) is 19.7. The Hall–Kier alpha value is -4.22. The smallest absolute Gasteiger partial charge is 0.222 e. The van der Waals surface area contributed by atoms with Crippen LogP contribution in [-0.4, -0.2) is 21.2 Å². The molecule has 0 spiro atoms. The third kappa shape index (κ3) is 4.34. The first kappa shape index (κ1) is 22.6. The number of aromatic nitrogens is 2. The van der Waals surface area contributed by atoms with Gasteiger partial charge < -0.3 is 15.6 Å². The van der Waals surface area contributed by atoms with Gasteiger partial charge in [-0.25, -0.2) is 4.98 Å². The quantitative estimate of drug-likeness (QED) is 0.305. The van der Waals surface area contributed by atoms with Gasteiger partial charge >= 0.3 is 0 Å². The van der Waals surface area contributed by atoms with Crippen LogP contribution in [0.2, 0.25) is 0 Å². The molecule has 0 aliphatic heterocycles. The molecular weight excluding hydrogens is 434 g/mol. The van der Waals surface area contributed by atoms with Gasteiger partial charge in [0.25, 0.3) is 0 Å². The van der Waals surface area contributed by atoms with E-state index in [4.69, 9.17) is 15.5 Å². The topological polar surface area (TPSA) is 81.3 Å². The van der Waals surface area contributed by atoms with Crippen LogP contribution in [0.4, 0.5) is 5.69 Å². The molecule has 2 heterocycles. The van der Waals surface area contributed by atoms with Crippen molar-refractivity contribution in [3.8, 4) is 17.0 Å². The second-order valence-corrected chi connectivity index (χ2v) is 8.86. The Morgan fingerprint density at radius 2 is 1.60 bits per heavy atom. The number of ether oxygens (including phenoxy) is 1. The minimum atomic E-state index is -1.45. The van der Waals surface area contributed by atoms with Crippen molar-refractivity contribution in [2.45, 2.75) is 25.6 Å². The summed E-state index contributed by atoms with van der Waals surface area (Å²) >= 11 is 0. The van der Waals surface area contributed by atoms with Crippen LogP contribution in [0.25, 0.3) is 22.0 Å². The molecule has 0 saturated carbocycles. The Morgan fingerprint density at radius 1 is 0.829 bits per heavy atom. The molecule has 174 valence electrons. The van der Waals surface area contributed by atoms with E-state index in [9.17, 15) is 5.11 Å².